The Bertz CT molecular complexity index is 2440. The quantitative estimate of drug-likeness (QED) is 0.175. The molecule has 9 rings (SSSR count). The molecule has 0 spiro atoms. The molecule has 1 aromatic heterocycles. The highest BCUT2D eigenvalue weighted by atomic mass is 14.9. The molecular weight excluding hydrogens is 657 g/mol. The van der Waals surface area contributed by atoms with E-state index in [9.17, 15) is 0 Å². The van der Waals surface area contributed by atoms with Crippen molar-refractivity contribution in [3.63, 3.8) is 0 Å². The Morgan fingerprint density at radius 3 is 2.06 bits per heavy atom. The molecule has 4 aliphatic rings. The number of aromatic nitrogens is 2. The molecule has 0 amide bonds. The fourth-order valence-corrected chi connectivity index (χ4v) is 7.70. The van der Waals surface area contributed by atoms with Gasteiger partial charge in [-0.25, -0.2) is 9.97 Å². The minimum Gasteiger partial charge on any atom is -0.387 e. The minimum atomic E-state index is 0.275. The maximum Gasteiger partial charge on any atom is 0.160 e. The molecule has 5 aromatic rings. The fourth-order valence-electron chi connectivity index (χ4n) is 7.70. The zero-order valence-electron chi connectivity index (χ0n) is 30.3. The summed E-state index contributed by atoms with van der Waals surface area (Å²) in [5, 5.41) is 3.24. The summed E-state index contributed by atoms with van der Waals surface area (Å²) in [6.45, 7) is 1.54. The predicted octanol–water partition coefficient (Wildman–Crippen LogP) is 11.7. The second kappa shape index (κ2) is 15.3. The van der Waals surface area contributed by atoms with Crippen LogP contribution in [0.25, 0.3) is 55.8 Å². The van der Waals surface area contributed by atoms with E-state index in [1.54, 1.807) is 0 Å². The third kappa shape index (κ3) is 7.29. The summed E-state index contributed by atoms with van der Waals surface area (Å²) < 4.78 is 0. The average Bonchev–Trinajstić information content (AvgIpc) is 3.27. The number of benzene rings is 4. The molecule has 262 valence electrons. The Kier molecular flexibility index (Phi) is 9.48. The van der Waals surface area contributed by atoms with Crippen molar-refractivity contribution in [2.45, 2.75) is 31.6 Å². The van der Waals surface area contributed by atoms with Gasteiger partial charge in [-0.15, -0.1) is 0 Å². The van der Waals surface area contributed by atoms with Crippen LogP contribution in [0.3, 0.4) is 0 Å². The van der Waals surface area contributed by atoms with Gasteiger partial charge < -0.3 is 5.32 Å². The molecule has 1 unspecified atom stereocenters. The summed E-state index contributed by atoms with van der Waals surface area (Å²) in [7, 11) is 0. The first-order valence-corrected chi connectivity index (χ1v) is 19.1. The van der Waals surface area contributed by atoms with E-state index < -0.39 is 0 Å². The molecule has 4 aromatic carbocycles. The molecule has 4 nitrogen and oxygen atoms in total. The lowest BCUT2D eigenvalue weighted by Gasteiger charge is -2.20. The van der Waals surface area contributed by atoms with Crippen LogP contribution in [0.5, 0.6) is 0 Å². The van der Waals surface area contributed by atoms with Crippen LogP contribution in [0.1, 0.15) is 59.8 Å². The monoisotopic (exact) mass is 698 g/mol. The lowest BCUT2D eigenvalue weighted by molar-refractivity contribution is 0.858. The number of allylic oxidation sites excluding steroid dienone is 11. The van der Waals surface area contributed by atoms with E-state index in [0.29, 0.717) is 0 Å². The number of hydrogen-bond donors (Lipinski definition) is 1. The summed E-state index contributed by atoms with van der Waals surface area (Å²) in [5.74, 6) is 1.02. The highest BCUT2D eigenvalue weighted by Crippen LogP contribution is 2.38. The van der Waals surface area contributed by atoms with Crippen LogP contribution in [-0.4, -0.2) is 29.3 Å². The Hall–Kier alpha value is -6.39. The minimum absolute atomic E-state index is 0.275. The van der Waals surface area contributed by atoms with Crippen LogP contribution in [0.2, 0.25) is 0 Å². The maximum atomic E-state index is 5.09. The molecule has 0 saturated carbocycles. The van der Waals surface area contributed by atoms with Crippen LogP contribution in [0.15, 0.2) is 169 Å². The first-order chi connectivity index (χ1) is 26.7. The largest absolute Gasteiger partial charge is 0.387 e. The van der Waals surface area contributed by atoms with E-state index in [2.05, 4.69) is 168 Å². The number of nitrogens with one attached hydrogen (secondary N) is 1. The SMILES string of the molecule is C1=CCCC(c2ccc(-c3cc(-c4ccc(-c5cc(C6=CC=NCC6)nc(C6=CCNC=C6)n5)cc4)cc(C4C=C(c5ccccc5)C=CC4)c3)cc2)=C1. The van der Waals surface area contributed by atoms with Gasteiger partial charge in [-0.05, 0) is 112 Å². The highest BCUT2D eigenvalue weighted by Gasteiger charge is 2.18. The zero-order valence-corrected chi connectivity index (χ0v) is 30.3. The molecule has 1 N–H and O–H groups in total. The normalized spacial score (nSPS) is 17.7. The molecule has 0 bridgehead atoms. The summed E-state index contributed by atoms with van der Waals surface area (Å²) in [5.41, 5.74) is 16.6. The summed E-state index contributed by atoms with van der Waals surface area (Å²) in [6.07, 6.45) is 27.9. The van der Waals surface area contributed by atoms with Crippen LogP contribution >= 0.6 is 0 Å². The molecule has 4 heteroatoms. The number of hydrogen-bond acceptors (Lipinski definition) is 4. The van der Waals surface area contributed by atoms with Gasteiger partial charge in [0.1, 0.15) is 0 Å². The van der Waals surface area contributed by atoms with Crippen LogP contribution in [-0.2, 0) is 0 Å². The first kappa shape index (κ1) is 33.4. The Morgan fingerprint density at radius 2 is 1.35 bits per heavy atom. The molecule has 0 saturated heterocycles. The van der Waals surface area contributed by atoms with Crippen LogP contribution in [0.4, 0.5) is 0 Å². The van der Waals surface area contributed by atoms with Crippen molar-refractivity contribution in [2.75, 3.05) is 13.1 Å². The average molecular weight is 699 g/mol. The van der Waals surface area contributed by atoms with E-state index in [1.807, 2.05) is 12.4 Å². The maximum absolute atomic E-state index is 5.09. The van der Waals surface area contributed by atoms with Crippen molar-refractivity contribution in [1.29, 1.82) is 0 Å². The molecule has 3 heterocycles. The lowest BCUT2D eigenvalue weighted by Crippen LogP contribution is -2.10. The number of rotatable bonds is 8. The van der Waals surface area contributed by atoms with Crippen molar-refractivity contribution in [3.05, 3.63) is 192 Å². The lowest BCUT2D eigenvalue weighted by atomic mass is 9.84. The second-order valence-electron chi connectivity index (χ2n) is 14.2. The van der Waals surface area contributed by atoms with Crippen molar-refractivity contribution in [1.82, 2.24) is 15.3 Å². The Morgan fingerprint density at radius 1 is 0.593 bits per heavy atom. The molecule has 1 atom stereocenters. The molecule has 2 aliphatic carbocycles. The van der Waals surface area contributed by atoms with Crippen molar-refractivity contribution >= 4 is 28.5 Å². The van der Waals surface area contributed by atoms with E-state index >= 15 is 0 Å². The zero-order chi connectivity index (χ0) is 36.1. The van der Waals surface area contributed by atoms with E-state index in [4.69, 9.17) is 9.97 Å². The van der Waals surface area contributed by atoms with E-state index in [-0.39, 0.29) is 5.92 Å². The van der Waals surface area contributed by atoms with Crippen LogP contribution in [0, 0.1) is 0 Å². The van der Waals surface area contributed by atoms with Gasteiger partial charge in [-0.1, -0.05) is 134 Å². The van der Waals surface area contributed by atoms with Gasteiger partial charge >= 0.3 is 0 Å². The topological polar surface area (TPSA) is 50.2 Å². The number of nitrogens with zero attached hydrogens (tertiary/aromatic N) is 3. The van der Waals surface area contributed by atoms with Gasteiger partial charge in [0.15, 0.2) is 5.82 Å². The van der Waals surface area contributed by atoms with E-state index in [1.165, 1.54) is 55.7 Å². The summed E-state index contributed by atoms with van der Waals surface area (Å²) in [4.78, 5) is 14.5. The van der Waals surface area contributed by atoms with Gasteiger partial charge in [0.25, 0.3) is 0 Å². The molecule has 54 heavy (non-hydrogen) atoms. The third-order valence-electron chi connectivity index (χ3n) is 10.7. The summed E-state index contributed by atoms with van der Waals surface area (Å²) >= 11 is 0. The number of aliphatic imine (C=N–C) groups is 1. The van der Waals surface area contributed by atoms with Crippen molar-refractivity contribution in [2.24, 2.45) is 4.99 Å². The number of dihydropyridines is 2. The van der Waals surface area contributed by atoms with Crippen LogP contribution < -0.4 is 5.32 Å². The summed E-state index contributed by atoms with van der Waals surface area (Å²) in [6, 6.07) is 38.0. The smallest absolute Gasteiger partial charge is 0.160 e. The van der Waals surface area contributed by atoms with Gasteiger partial charge in [0, 0.05) is 36.4 Å². The Labute approximate surface area is 318 Å². The van der Waals surface area contributed by atoms with Crippen molar-refractivity contribution in [3.8, 4) is 33.5 Å². The standard InChI is InChI=1S/C50H42N4/c1-3-8-35(9-4-1)37-14-16-38(17-15-37)45-31-46(33-47(32-45)44-13-7-12-43(30-44)36-10-5-2-6-11-36)39-18-20-40(21-19-39)48-34-49(41-22-26-51-27-23-41)54-50(53-48)42-24-28-52-29-25-42/h1-3,5-8,10-12,14-22,24-26,28,30-34,44,52H,4,9,13,23,27,29H2. The van der Waals surface area contributed by atoms with Gasteiger partial charge in [0.2, 0.25) is 0 Å². The molecular formula is C50H42N4. The molecule has 0 radical (unpaired) electrons. The molecule has 2 aliphatic heterocycles. The van der Waals surface area contributed by atoms with Crippen molar-refractivity contribution < 1.29 is 0 Å². The van der Waals surface area contributed by atoms with Gasteiger partial charge in [0.05, 0.1) is 11.4 Å². The predicted molar refractivity (Wildman–Crippen MR) is 227 cm³/mol. The first-order valence-electron chi connectivity index (χ1n) is 19.1. The van der Waals surface area contributed by atoms with Gasteiger partial charge in [-0.3, -0.25) is 4.99 Å². The van der Waals surface area contributed by atoms with Gasteiger partial charge in [-0.2, -0.15) is 0 Å². The third-order valence-corrected chi connectivity index (χ3v) is 10.7. The highest BCUT2D eigenvalue weighted by molar-refractivity contribution is 5.87. The Balaban J connectivity index is 1.09. The second-order valence-corrected chi connectivity index (χ2v) is 14.2. The molecule has 0 fully saturated rings. The van der Waals surface area contributed by atoms with E-state index in [0.717, 1.165) is 67.1 Å². The fraction of sp³-hybridized carbons (Fsp3) is 0.140.